The molecule has 1 aromatic carbocycles. The van der Waals surface area contributed by atoms with E-state index >= 15 is 0 Å². The van der Waals surface area contributed by atoms with Crippen molar-refractivity contribution in [1.82, 2.24) is 9.29 Å². The zero-order valence-electron chi connectivity index (χ0n) is 16.1. The van der Waals surface area contributed by atoms with Crippen LogP contribution in [0.1, 0.15) is 16.1 Å². The van der Waals surface area contributed by atoms with Gasteiger partial charge in [-0.3, -0.25) is 9.10 Å². The van der Waals surface area contributed by atoms with Crippen molar-refractivity contribution in [2.45, 2.75) is 17.7 Å². The number of pyridine rings is 1. The van der Waals surface area contributed by atoms with Gasteiger partial charge in [0.25, 0.3) is 15.9 Å². The third-order valence-corrected chi connectivity index (χ3v) is 7.65. The molecule has 1 aliphatic rings. The molecule has 7 nitrogen and oxygen atoms in total. The van der Waals surface area contributed by atoms with Crippen LogP contribution in [0.15, 0.2) is 70.6 Å². The second-order valence-corrected chi connectivity index (χ2v) is 9.59. The molecule has 0 atom stereocenters. The standard InChI is InChI=1S/C21H19N3O4S2/c1-24-18(19(25)20-16(12-13-29-20)30(24,27)28)21(26)23-17-9-5-8-15(22-17)11-10-14-6-3-2-4-7-14/h2-9,12-13,25H,10-11H2,1H3,(H,22,23,26). The van der Waals surface area contributed by atoms with Crippen LogP contribution in [0.3, 0.4) is 0 Å². The van der Waals surface area contributed by atoms with E-state index in [9.17, 15) is 18.3 Å². The van der Waals surface area contributed by atoms with Crippen molar-refractivity contribution in [1.29, 1.82) is 0 Å². The van der Waals surface area contributed by atoms with Crippen LogP contribution < -0.4 is 5.32 Å². The van der Waals surface area contributed by atoms with Gasteiger partial charge in [0.05, 0.1) is 4.88 Å². The summed E-state index contributed by atoms with van der Waals surface area (Å²) < 4.78 is 26.1. The zero-order valence-corrected chi connectivity index (χ0v) is 17.7. The SMILES string of the molecule is CN1C(C(=O)Nc2cccc(CCc3ccccc3)n2)=C(O)c2sccc2S1(=O)=O. The Balaban J connectivity index is 1.55. The highest BCUT2D eigenvalue weighted by Crippen LogP contribution is 2.38. The number of hydrogen-bond donors (Lipinski definition) is 2. The van der Waals surface area contributed by atoms with Crippen molar-refractivity contribution in [3.63, 3.8) is 0 Å². The molecule has 0 saturated heterocycles. The number of carbonyl (C=O) groups excluding carboxylic acids is 1. The second kappa shape index (κ2) is 7.92. The maximum Gasteiger partial charge on any atom is 0.278 e. The number of sulfonamides is 1. The van der Waals surface area contributed by atoms with Crippen LogP contribution >= 0.6 is 11.3 Å². The van der Waals surface area contributed by atoms with E-state index in [-0.39, 0.29) is 27.0 Å². The Labute approximate surface area is 178 Å². The van der Waals surface area contributed by atoms with E-state index in [0.717, 1.165) is 27.8 Å². The Morgan fingerprint density at radius 2 is 1.87 bits per heavy atom. The zero-order chi connectivity index (χ0) is 21.3. The number of aromatic nitrogens is 1. The summed E-state index contributed by atoms with van der Waals surface area (Å²) in [7, 11) is -2.66. The van der Waals surface area contributed by atoms with Crippen LogP contribution in [-0.4, -0.2) is 35.8 Å². The lowest BCUT2D eigenvalue weighted by Crippen LogP contribution is -2.36. The lowest BCUT2D eigenvalue weighted by Gasteiger charge is -2.26. The van der Waals surface area contributed by atoms with Crippen LogP contribution in [0.2, 0.25) is 0 Å². The number of likely N-dealkylation sites (N-methyl/N-ethyl adjacent to an activating group) is 1. The van der Waals surface area contributed by atoms with Crippen molar-refractivity contribution in [3.8, 4) is 0 Å². The van der Waals surface area contributed by atoms with Crippen LogP contribution in [0.25, 0.3) is 5.76 Å². The first kappa shape index (κ1) is 20.1. The molecule has 0 unspecified atom stereocenters. The molecule has 154 valence electrons. The molecule has 0 saturated carbocycles. The first-order valence-corrected chi connectivity index (χ1v) is 11.5. The largest absolute Gasteiger partial charge is 0.504 e. The predicted molar refractivity (Wildman–Crippen MR) is 116 cm³/mol. The van der Waals surface area contributed by atoms with Gasteiger partial charge in [-0.25, -0.2) is 13.4 Å². The summed E-state index contributed by atoms with van der Waals surface area (Å²) >= 11 is 1.06. The quantitative estimate of drug-likeness (QED) is 0.632. The molecule has 4 rings (SSSR count). The Hall–Kier alpha value is -3.17. The van der Waals surface area contributed by atoms with Crippen molar-refractivity contribution < 1.29 is 18.3 Å². The molecule has 0 radical (unpaired) electrons. The number of aliphatic hydroxyl groups excluding tert-OH is 1. The van der Waals surface area contributed by atoms with Gasteiger partial charge in [-0.2, -0.15) is 0 Å². The fourth-order valence-electron chi connectivity index (χ4n) is 3.23. The van der Waals surface area contributed by atoms with Gasteiger partial charge in [-0.05, 0) is 42.0 Å². The number of hydrogen-bond acceptors (Lipinski definition) is 6. The molecule has 0 aliphatic carbocycles. The lowest BCUT2D eigenvalue weighted by molar-refractivity contribution is -0.113. The first-order chi connectivity index (χ1) is 14.4. The summed E-state index contributed by atoms with van der Waals surface area (Å²) in [5.74, 6) is -0.825. The van der Waals surface area contributed by atoms with E-state index in [0.29, 0.717) is 6.42 Å². The summed E-state index contributed by atoms with van der Waals surface area (Å²) in [6.45, 7) is 0. The van der Waals surface area contributed by atoms with Crippen molar-refractivity contribution in [3.05, 3.63) is 81.8 Å². The van der Waals surface area contributed by atoms with Crippen molar-refractivity contribution in [2.24, 2.45) is 0 Å². The number of anilines is 1. The van der Waals surface area contributed by atoms with Crippen molar-refractivity contribution in [2.75, 3.05) is 12.4 Å². The van der Waals surface area contributed by atoms with Gasteiger partial charge in [0.1, 0.15) is 10.7 Å². The minimum atomic E-state index is -3.90. The molecular weight excluding hydrogens is 422 g/mol. The van der Waals surface area contributed by atoms with Crippen LogP contribution in [0.5, 0.6) is 0 Å². The molecular formula is C21H19N3O4S2. The van der Waals surface area contributed by atoms with Gasteiger partial charge >= 0.3 is 0 Å². The summed E-state index contributed by atoms with van der Waals surface area (Å²) in [6, 6.07) is 16.7. The Morgan fingerprint density at radius 3 is 2.63 bits per heavy atom. The lowest BCUT2D eigenvalue weighted by atomic mass is 10.1. The summed E-state index contributed by atoms with van der Waals surface area (Å²) in [5, 5.41) is 14.7. The minimum Gasteiger partial charge on any atom is -0.504 e. The van der Waals surface area contributed by atoms with Gasteiger partial charge in [-0.1, -0.05) is 36.4 Å². The molecule has 30 heavy (non-hydrogen) atoms. The third-order valence-electron chi connectivity index (χ3n) is 4.80. The minimum absolute atomic E-state index is 0.00918. The number of aliphatic hydroxyl groups is 1. The van der Waals surface area contributed by atoms with E-state index in [1.807, 2.05) is 36.4 Å². The van der Waals surface area contributed by atoms with Crippen LogP contribution in [0.4, 0.5) is 5.82 Å². The van der Waals surface area contributed by atoms with E-state index < -0.39 is 15.9 Å². The number of benzene rings is 1. The molecule has 3 aromatic rings. The van der Waals surface area contributed by atoms with Crippen molar-refractivity contribution >= 4 is 38.8 Å². The summed E-state index contributed by atoms with van der Waals surface area (Å²) in [5.41, 5.74) is 1.64. The third kappa shape index (κ3) is 3.69. The maximum absolute atomic E-state index is 12.8. The number of fused-ring (bicyclic) bond motifs is 1. The Bertz CT molecular complexity index is 1230. The topological polar surface area (TPSA) is 99.6 Å². The fourth-order valence-corrected chi connectivity index (χ4v) is 5.78. The van der Waals surface area contributed by atoms with Gasteiger partial charge < -0.3 is 10.4 Å². The highest BCUT2D eigenvalue weighted by Gasteiger charge is 2.38. The van der Waals surface area contributed by atoms with Crippen LogP contribution in [-0.2, 0) is 27.7 Å². The number of carbonyl (C=O) groups is 1. The Kier molecular flexibility index (Phi) is 5.31. The molecule has 0 bridgehead atoms. The van der Waals surface area contributed by atoms with Crippen LogP contribution in [0, 0.1) is 0 Å². The number of nitrogens with zero attached hydrogens (tertiary/aromatic N) is 2. The molecule has 9 heteroatoms. The monoisotopic (exact) mass is 441 g/mol. The first-order valence-electron chi connectivity index (χ1n) is 9.19. The van der Waals surface area contributed by atoms with E-state index in [1.165, 1.54) is 18.7 Å². The highest BCUT2D eigenvalue weighted by molar-refractivity contribution is 7.89. The molecule has 1 amide bonds. The van der Waals surface area contributed by atoms with E-state index in [4.69, 9.17) is 0 Å². The summed E-state index contributed by atoms with van der Waals surface area (Å²) in [6.07, 6.45) is 1.49. The summed E-state index contributed by atoms with van der Waals surface area (Å²) in [4.78, 5) is 17.4. The second-order valence-electron chi connectivity index (χ2n) is 6.74. The van der Waals surface area contributed by atoms with E-state index in [2.05, 4.69) is 10.3 Å². The van der Waals surface area contributed by atoms with Gasteiger partial charge in [-0.15, -0.1) is 11.3 Å². The predicted octanol–water partition coefficient (Wildman–Crippen LogP) is 3.43. The van der Waals surface area contributed by atoms with Gasteiger partial charge in [0, 0.05) is 12.7 Å². The van der Waals surface area contributed by atoms with Gasteiger partial charge in [0.15, 0.2) is 11.5 Å². The molecule has 2 aromatic heterocycles. The number of aryl methyl sites for hydroxylation is 2. The molecule has 3 heterocycles. The highest BCUT2D eigenvalue weighted by atomic mass is 32.2. The molecule has 2 N–H and O–H groups in total. The number of nitrogens with one attached hydrogen (secondary N) is 1. The molecule has 0 spiro atoms. The number of thiophene rings is 1. The normalized spacial score (nSPS) is 15.0. The average Bonchev–Trinajstić information content (AvgIpc) is 3.24. The molecule has 0 fully saturated rings. The number of amides is 1. The molecule has 1 aliphatic heterocycles. The maximum atomic E-state index is 12.8. The number of rotatable bonds is 5. The smallest absolute Gasteiger partial charge is 0.278 e. The Morgan fingerprint density at radius 1 is 1.10 bits per heavy atom. The van der Waals surface area contributed by atoms with E-state index in [1.54, 1.807) is 17.5 Å². The van der Waals surface area contributed by atoms with Gasteiger partial charge in [0.2, 0.25) is 0 Å². The fraction of sp³-hybridized carbons (Fsp3) is 0.143. The average molecular weight is 442 g/mol.